The van der Waals surface area contributed by atoms with Gasteiger partial charge in [0, 0.05) is 6.04 Å². The van der Waals surface area contributed by atoms with E-state index in [4.69, 9.17) is 5.73 Å². The summed E-state index contributed by atoms with van der Waals surface area (Å²) < 4.78 is 0. The highest BCUT2D eigenvalue weighted by Crippen LogP contribution is 2.19. The Bertz CT molecular complexity index is 158. The van der Waals surface area contributed by atoms with Crippen LogP contribution in [0.15, 0.2) is 24.3 Å². The zero-order valence-corrected chi connectivity index (χ0v) is 8.51. The van der Waals surface area contributed by atoms with Crippen LogP contribution in [-0.2, 0) is 0 Å². The second kappa shape index (κ2) is 6.01. The molecule has 0 fully saturated rings. The summed E-state index contributed by atoms with van der Waals surface area (Å²) in [6.45, 7) is 10.3. The lowest BCUT2D eigenvalue weighted by atomic mass is 9.88. The van der Waals surface area contributed by atoms with Crippen LogP contribution >= 0.6 is 0 Å². The molecule has 12 heavy (non-hydrogen) atoms. The van der Waals surface area contributed by atoms with Gasteiger partial charge < -0.3 is 5.73 Å². The zero-order valence-electron chi connectivity index (χ0n) is 8.51. The molecule has 0 spiro atoms. The lowest BCUT2D eigenvalue weighted by molar-refractivity contribution is 0.462. The van der Waals surface area contributed by atoms with Gasteiger partial charge in [0.05, 0.1) is 0 Å². The maximum atomic E-state index is 5.96. The van der Waals surface area contributed by atoms with Crippen molar-refractivity contribution < 1.29 is 0 Å². The summed E-state index contributed by atoms with van der Waals surface area (Å²) in [7, 11) is 0. The number of allylic oxidation sites excluding steroid dienone is 2. The molecule has 2 atom stereocenters. The van der Waals surface area contributed by atoms with Crippen LogP contribution in [0.2, 0.25) is 0 Å². The molecule has 0 rings (SSSR count). The van der Waals surface area contributed by atoms with Gasteiger partial charge in [-0.2, -0.15) is 0 Å². The molecule has 1 heteroatoms. The van der Waals surface area contributed by atoms with Gasteiger partial charge >= 0.3 is 0 Å². The Hall–Kier alpha value is -0.560. The Kier molecular flexibility index (Phi) is 5.73. The number of rotatable bonds is 5. The van der Waals surface area contributed by atoms with Crippen molar-refractivity contribution in [2.45, 2.75) is 39.7 Å². The van der Waals surface area contributed by atoms with E-state index in [1.165, 1.54) is 0 Å². The van der Waals surface area contributed by atoms with E-state index < -0.39 is 0 Å². The lowest BCUT2D eigenvalue weighted by Crippen LogP contribution is -2.29. The smallest absolute Gasteiger partial charge is 0.0105 e. The Morgan fingerprint density at radius 3 is 2.33 bits per heavy atom. The number of hydrogen-bond donors (Lipinski definition) is 1. The largest absolute Gasteiger partial charge is 0.327 e. The molecule has 70 valence electrons. The van der Waals surface area contributed by atoms with Crippen LogP contribution in [0.25, 0.3) is 0 Å². The normalized spacial score (nSPS) is 16.3. The highest BCUT2D eigenvalue weighted by Gasteiger charge is 2.15. The monoisotopic (exact) mass is 167 g/mol. The summed E-state index contributed by atoms with van der Waals surface area (Å²) in [5.41, 5.74) is 7.13. The molecule has 0 aliphatic heterocycles. The molecule has 0 saturated carbocycles. The van der Waals surface area contributed by atoms with Crippen LogP contribution in [0.4, 0.5) is 0 Å². The molecule has 0 radical (unpaired) electrons. The topological polar surface area (TPSA) is 26.0 Å². The van der Waals surface area contributed by atoms with Gasteiger partial charge in [-0.05, 0) is 25.7 Å². The minimum Gasteiger partial charge on any atom is -0.327 e. The predicted octanol–water partition coefficient (Wildman–Crippen LogP) is 2.88. The van der Waals surface area contributed by atoms with E-state index in [9.17, 15) is 0 Å². The fourth-order valence-corrected chi connectivity index (χ4v) is 1.46. The summed E-state index contributed by atoms with van der Waals surface area (Å²) in [6, 6.07) is 0.263. The Balaban J connectivity index is 4.23. The average molecular weight is 167 g/mol. The number of hydrogen-bond acceptors (Lipinski definition) is 1. The van der Waals surface area contributed by atoms with Crippen molar-refractivity contribution in [2.24, 2.45) is 11.7 Å². The molecule has 0 aliphatic rings. The highest BCUT2D eigenvalue weighted by molar-refractivity contribution is 5.18. The maximum absolute atomic E-state index is 5.96. The molecule has 0 amide bonds. The van der Waals surface area contributed by atoms with Crippen molar-refractivity contribution in [1.82, 2.24) is 0 Å². The minimum atomic E-state index is 0.263. The highest BCUT2D eigenvalue weighted by atomic mass is 14.6. The third kappa shape index (κ3) is 3.22. The summed E-state index contributed by atoms with van der Waals surface area (Å²) in [5.74, 6) is 0.450. The first kappa shape index (κ1) is 11.4. The molecule has 0 saturated heterocycles. The van der Waals surface area contributed by atoms with Crippen LogP contribution in [-0.4, -0.2) is 6.04 Å². The predicted molar refractivity (Wildman–Crippen MR) is 56.0 cm³/mol. The van der Waals surface area contributed by atoms with Gasteiger partial charge in [-0.1, -0.05) is 38.2 Å². The van der Waals surface area contributed by atoms with Crippen molar-refractivity contribution >= 4 is 0 Å². The molecule has 0 heterocycles. The molecule has 0 aromatic carbocycles. The molecule has 0 bridgehead atoms. The second-order valence-electron chi connectivity index (χ2n) is 3.16. The van der Waals surface area contributed by atoms with Crippen LogP contribution in [0.5, 0.6) is 0 Å². The van der Waals surface area contributed by atoms with Crippen LogP contribution in [0.3, 0.4) is 0 Å². The fraction of sp³-hybridized carbons (Fsp3) is 0.636. The van der Waals surface area contributed by atoms with Crippen molar-refractivity contribution in [3.05, 3.63) is 24.3 Å². The van der Waals surface area contributed by atoms with Gasteiger partial charge in [-0.3, -0.25) is 0 Å². The van der Waals surface area contributed by atoms with E-state index in [2.05, 4.69) is 26.5 Å². The SMILES string of the molecule is C=C(/C=C\C)C(CC)C(N)CC. The van der Waals surface area contributed by atoms with E-state index >= 15 is 0 Å². The Morgan fingerprint density at radius 2 is 2.00 bits per heavy atom. The lowest BCUT2D eigenvalue weighted by Gasteiger charge is -2.21. The van der Waals surface area contributed by atoms with E-state index in [0.717, 1.165) is 18.4 Å². The minimum absolute atomic E-state index is 0.263. The van der Waals surface area contributed by atoms with Crippen molar-refractivity contribution in [3.8, 4) is 0 Å². The van der Waals surface area contributed by atoms with Gasteiger partial charge in [-0.15, -0.1) is 0 Å². The quantitative estimate of drug-likeness (QED) is 0.626. The second-order valence-corrected chi connectivity index (χ2v) is 3.16. The molecular formula is C11H21N. The van der Waals surface area contributed by atoms with Gasteiger partial charge in [0.1, 0.15) is 0 Å². The first-order chi connectivity index (χ1) is 5.67. The third-order valence-corrected chi connectivity index (χ3v) is 2.29. The summed E-state index contributed by atoms with van der Waals surface area (Å²) >= 11 is 0. The molecule has 2 N–H and O–H groups in total. The van der Waals surface area contributed by atoms with Gasteiger partial charge in [0.25, 0.3) is 0 Å². The van der Waals surface area contributed by atoms with Gasteiger partial charge in [0.15, 0.2) is 0 Å². The van der Waals surface area contributed by atoms with Crippen molar-refractivity contribution in [2.75, 3.05) is 0 Å². The van der Waals surface area contributed by atoms with Crippen LogP contribution < -0.4 is 5.73 Å². The van der Waals surface area contributed by atoms with Crippen molar-refractivity contribution in [3.63, 3.8) is 0 Å². The van der Waals surface area contributed by atoms with Gasteiger partial charge in [0.2, 0.25) is 0 Å². The van der Waals surface area contributed by atoms with E-state index in [-0.39, 0.29) is 6.04 Å². The zero-order chi connectivity index (χ0) is 9.56. The van der Waals surface area contributed by atoms with Gasteiger partial charge in [-0.25, -0.2) is 0 Å². The Morgan fingerprint density at radius 1 is 1.42 bits per heavy atom. The Labute approximate surface area is 76.3 Å². The van der Waals surface area contributed by atoms with E-state index in [0.29, 0.717) is 5.92 Å². The molecule has 2 unspecified atom stereocenters. The summed E-state index contributed by atoms with van der Waals surface area (Å²) in [5, 5.41) is 0. The summed E-state index contributed by atoms with van der Waals surface area (Å²) in [6.07, 6.45) is 6.18. The molecule has 1 nitrogen and oxygen atoms in total. The first-order valence-corrected chi connectivity index (χ1v) is 4.74. The molecular weight excluding hydrogens is 146 g/mol. The van der Waals surface area contributed by atoms with E-state index in [1.54, 1.807) is 0 Å². The van der Waals surface area contributed by atoms with E-state index in [1.807, 2.05) is 13.0 Å². The standard InChI is InChI=1S/C11H21N/c1-5-8-9(4)10(6-2)11(12)7-3/h5,8,10-11H,4,6-7,12H2,1-3H3/b8-5-. The third-order valence-electron chi connectivity index (χ3n) is 2.29. The molecule has 0 aromatic rings. The first-order valence-electron chi connectivity index (χ1n) is 4.74. The number of nitrogens with two attached hydrogens (primary N) is 1. The maximum Gasteiger partial charge on any atom is 0.0105 e. The molecule has 0 aromatic heterocycles. The molecule has 0 aliphatic carbocycles. The fourth-order valence-electron chi connectivity index (χ4n) is 1.46. The average Bonchev–Trinajstić information content (AvgIpc) is 2.06. The van der Waals surface area contributed by atoms with Crippen molar-refractivity contribution in [1.29, 1.82) is 0 Å². The van der Waals surface area contributed by atoms with Crippen LogP contribution in [0.1, 0.15) is 33.6 Å². The summed E-state index contributed by atoms with van der Waals surface area (Å²) in [4.78, 5) is 0. The van der Waals surface area contributed by atoms with Crippen LogP contribution in [0, 0.1) is 5.92 Å².